The number of hydrogen-bond donors (Lipinski definition) is 1. The Hall–Kier alpha value is -1.22. The molecule has 1 aromatic rings. The lowest BCUT2D eigenvalue weighted by Crippen LogP contribution is -2.12. The lowest BCUT2D eigenvalue weighted by atomic mass is 10.3. The van der Waals surface area contributed by atoms with Crippen LogP contribution in [-0.4, -0.2) is 12.2 Å². The molecule has 0 heterocycles. The summed E-state index contributed by atoms with van der Waals surface area (Å²) < 4.78 is 0. The first-order valence-corrected chi connectivity index (χ1v) is 5.59. The quantitative estimate of drug-likeness (QED) is 0.772. The van der Waals surface area contributed by atoms with Gasteiger partial charge in [0, 0.05) is 11.3 Å². The second-order valence-electron chi connectivity index (χ2n) is 2.86. The number of carbonyl (C=O) groups excluding carboxylic acids is 1. The third kappa shape index (κ3) is 3.26. The molecule has 1 rings (SSSR count). The third-order valence-corrected chi connectivity index (χ3v) is 2.27. The number of nitrogens with one attached hydrogen (secondary N) is 1. The molecule has 0 saturated carbocycles. The molecule has 0 aromatic heterocycles. The van der Waals surface area contributed by atoms with Gasteiger partial charge in [-0.25, -0.2) is 0 Å². The van der Waals surface area contributed by atoms with Crippen LogP contribution in [0.2, 0.25) is 0 Å². The molecule has 0 unspecified atom stereocenters. The Labute approximate surface area is 88.4 Å². The molecule has 0 aliphatic carbocycles. The number of para-hydroxylation sites is 1. The molecule has 74 valence electrons. The molecule has 2 nitrogen and oxygen atoms in total. The highest BCUT2D eigenvalue weighted by molar-refractivity contribution is 8.01. The van der Waals surface area contributed by atoms with Crippen molar-refractivity contribution in [3.63, 3.8) is 0 Å². The second-order valence-corrected chi connectivity index (χ2v) is 3.56. The van der Waals surface area contributed by atoms with E-state index in [4.69, 9.17) is 0 Å². The van der Waals surface area contributed by atoms with Gasteiger partial charge in [0.25, 0.3) is 5.91 Å². The smallest absolute Gasteiger partial charge is 0.251 e. The van der Waals surface area contributed by atoms with Crippen LogP contribution in [0, 0.1) is 0 Å². The zero-order chi connectivity index (χ0) is 10.4. The number of amides is 1. The van der Waals surface area contributed by atoms with Gasteiger partial charge in [-0.15, -0.1) is 11.8 Å². The van der Waals surface area contributed by atoms with Crippen molar-refractivity contribution in [3.8, 4) is 0 Å². The summed E-state index contributed by atoms with van der Waals surface area (Å²) in [6, 6.07) is 9.43. The highest BCUT2D eigenvalue weighted by Gasteiger charge is 2.02. The molecule has 0 saturated heterocycles. The second kappa shape index (κ2) is 5.50. The minimum Gasteiger partial charge on any atom is -0.322 e. The van der Waals surface area contributed by atoms with Crippen LogP contribution in [0.3, 0.4) is 0 Å². The minimum atomic E-state index is -0.0504. The summed E-state index contributed by atoms with van der Waals surface area (Å²) in [4.78, 5) is 11.5. The lowest BCUT2D eigenvalue weighted by molar-refractivity contribution is -0.112. The van der Waals surface area contributed by atoms with Crippen LogP contribution in [-0.2, 0) is 4.79 Å². The van der Waals surface area contributed by atoms with Crippen LogP contribution < -0.4 is 5.32 Å². The summed E-state index contributed by atoms with van der Waals surface area (Å²) in [5.74, 6) is -0.0504. The first kappa shape index (κ1) is 10.9. The highest BCUT2D eigenvalue weighted by Crippen LogP contribution is 2.09. The summed E-state index contributed by atoms with van der Waals surface area (Å²) in [7, 11) is 0. The van der Waals surface area contributed by atoms with Crippen LogP contribution in [0.5, 0.6) is 0 Å². The number of anilines is 1. The predicted molar refractivity (Wildman–Crippen MR) is 62.3 cm³/mol. The normalized spacial score (nSPS) is 11.1. The Balaban J connectivity index is 2.62. The summed E-state index contributed by atoms with van der Waals surface area (Å²) >= 11 is 1.53. The molecule has 1 aromatic carbocycles. The van der Waals surface area contributed by atoms with Gasteiger partial charge in [-0.3, -0.25) is 4.79 Å². The molecule has 0 aliphatic heterocycles. The third-order valence-electron chi connectivity index (χ3n) is 1.68. The van der Waals surface area contributed by atoms with Crippen molar-refractivity contribution in [2.45, 2.75) is 6.92 Å². The van der Waals surface area contributed by atoms with E-state index in [1.807, 2.05) is 42.0 Å². The molecule has 0 aliphatic rings. The first-order valence-electron chi connectivity index (χ1n) is 4.30. The zero-order valence-corrected chi connectivity index (χ0v) is 9.10. The topological polar surface area (TPSA) is 29.1 Å². The van der Waals surface area contributed by atoms with Crippen LogP contribution in [0.4, 0.5) is 5.69 Å². The molecule has 0 bridgehead atoms. The summed E-state index contributed by atoms with van der Waals surface area (Å²) in [6.45, 7) is 1.80. The van der Waals surface area contributed by atoms with Gasteiger partial charge in [0.15, 0.2) is 0 Å². The lowest BCUT2D eigenvalue weighted by Gasteiger charge is -2.04. The number of hydrogen-bond acceptors (Lipinski definition) is 2. The Kier molecular flexibility index (Phi) is 4.26. The number of thioether (sulfide) groups is 1. The van der Waals surface area contributed by atoms with Gasteiger partial charge in [-0.2, -0.15) is 0 Å². The van der Waals surface area contributed by atoms with E-state index in [-0.39, 0.29) is 5.91 Å². The molecule has 0 fully saturated rings. The van der Waals surface area contributed by atoms with E-state index in [9.17, 15) is 4.79 Å². The van der Waals surface area contributed by atoms with Crippen LogP contribution in [0.25, 0.3) is 0 Å². The van der Waals surface area contributed by atoms with Gasteiger partial charge < -0.3 is 5.32 Å². The minimum absolute atomic E-state index is 0.0504. The SMILES string of the molecule is CS/C=C(/C)C(=O)Nc1ccccc1. The van der Waals surface area contributed by atoms with E-state index >= 15 is 0 Å². The van der Waals surface area contributed by atoms with E-state index in [0.29, 0.717) is 0 Å². The maximum absolute atomic E-state index is 11.5. The molecular weight excluding hydrogens is 194 g/mol. The fourth-order valence-corrected chi connectivity index (χ4v) is 1.44. The maximum atomic E-state index is 11.5. The zero-order valence-electron chi connectivity index (χ0n) is 8.28. The Bertz CT molecular complexity index is 332. The molecule has 3 heteroatoms. The fraction of sp³-hybridized carbons (Fsp3) is 0.182. The van der Waals surface area contributed by atoms with Gasteiger partial charge in [0.1, 0.15) is 0 Å². The largest absolute Gasteiger partial charge is 0.322 e. The van der Waals surface area contributed by atoms with E-state index in [1.165, 1.54) is 11.8 Å². The van der Waals surface area contributed by atoms with Crippen molar-refractivity contribution >= 4 is 23.4 Å². The molecule has 0 spiro atoms. The number of benzene rings is 1. The van der Waals surface area contributed by atoms with Crippen molar-refractivity contribution in [1.29, 1.82) is 0 Å². The van der Waals surface area contributed by atoms with Crippen molar-refractivity contribution < 1.29 is 4.79 Å². The van der Waals surface area contributed by atoms with Crippen molar-refractivity contribution in [2.24, 2.45) is 0 Å². The average Bonchev–Trinajstić information content (AvgIpc) is 2.19. The summed E-state index contributed by atoms with van der Waals surface area (Å²) in [6.07, 6.45) is 1.93. The standard InChI is InChI=1S/C11H13NOS/c1-9(8-14-2)11(13)12-10-6-4-3-5-7-10/h3-8H,1-2H3,(H,12,13)/b9-8-. The number of rotatable bonds is 3. The maximum Gasteiger partial charge on any atom is 0.251 e. The molecule has 14 heavy (non-hydrogen) atoms. The Morgan fingerprint density at radius 2 is 2.00 bits per heavy atom. The van der Waals surface area contributed by atoms with Gasteiger partial charge in [0.05, 0.1) is 0 Å². The van der Waals surface area contributed by atoms with E-state index < -0.39 is 0 Å². The Morgan fingerprint density at radius 3 is 2.57 bits per heavy atom. The first-order chi connectivity index (χ1) is 6.74. The molecular formula is C11H13NOS. The van der Waals surface area contributed by atoms with Crippen molar-refractivity contribution in [2.75, 3.05) is 11.6 Å². The highest BCUT2D eigenvalue weighted by atomic mass is 32.2. The number of carbonyl (C=O) groups is 1. The monoisotopic (exact) mass is 207 g/mol. The van der Waals surface area contributed by atoms with Crippen LogP contribution in [0.1, 0.15) is 6.92 Å². The molecule has 0 radical (unpaired) electrons. The Morgan fingerprint density at radius 1 is 1.36 bits per heavy atom. The summed E-state index contributed by atoms with van der Waals surface area (Å²) in [5, 5.41) is 4.64. The van der Waals surface area contributed by atoms with Gasteiger partial charge in [-0.05, 0) is 30.7 Å². The van der Waals surface area contributed by atoms with Gasteiger partial charge in [-0.1, -0.05) is 18.2 Å². The predicted octanol–water partition coefficient (Wildman–Crippen LogP) is 2.89. The van der Waals surface area contributed by atoms with E-state index in [1.54, 1.807) is 6.92 Å². The van der Waals surface area contributed by atoms with Crippen LogP contribution >= 0.6 is 11.8 Å². The van der Waals surface area contributed by atoms with E-state index in [2.05, 4.69) is 5.32 Å². The van der Waals surface area contributed by atoms with Crippen LogP contribution in [0.15, 0.2) is 41.3 Å². The van der Waals surface area contributed by atoms with E-state index in [0.717, 1.165) is 11.3 Å². The van der Waals surface area contributed by atoms with Crippen molar-refractivity contribution in [3.05, 3.63) is 41.3 Å². The summed E-state index contributed by atoms with van der Waals surface area (Å²) in [5.41, 5.74) is 1.55. The average molecular weight is 207 g/mol. The molecule has 0 atom stereocenters. The molecule has 1 N–H and O–H groups in total. The fourth-order valence-electron chi connectivity index (χ4n) is 0.981. The van der Waals surface area contributed by atoms with Gasteiger partial charge >= 0.3 is 0 Å². The van der Waals surface area contributed by atoms with Gasteiger partial charge in [0.2, 0.25) is 0 Å². The van der Waals surface area contributed by atoms with Crippen molar-refractivity contribution in [1.82, 2.24) is 0 Å². The molecule has 1 amide bonds.